The number of aromatic nitrogens is 3. The molecule has 1 aliphatic heterocycles. The molecule has 126 valence electrons. The molecule has 0 aromatic carbocycles. The highest BCUT2D eigenvalue weighted by Crippen LogP contribution is 2.26. The van der Waals surface area contributed by atoms with E-state index in [4.69, 9.17) is 4.74 Å². The van der Waals surface area contributed by atoms with Gasteiger partial charge in [0.25, 0.3) is 0 Å². The second-order valence-electron chi connectivity index (χ2n) is 5.78. The average Bonchev–Trinajstić information content (AvgIpc) is 2.63. The van der Waals surface area contributed by atoms with E-state index >= 15 is 0 Å². The van der Waals surface area contributed by atoms with Crippen molar-refractivity contribution in [3.05, 3.63) is 42.5 Å². The van der Waals surface area contributed by atoms with E-state index < -0.39 is 0 Å². The molecule has 0 saturated carbocycles. The number of rotatable bonds is 5. The van der Waals surface area contributed by atoms with Gasteiger partial charge in [-0.2, -0.15) is 0 Å². The maximum atomic E-state index is 12.0. The standard InChI is InChI=1S/C17H21N5O2/c1-24-12-17(23)22-8-4-5-13(11-22)14-9-18-10-16(20-14)21-15-6-2-3-7-19-15/h2-3,6-7,9-10,13H,4-5,8,11-12H2,1H3,(H,19,20,21)/t13-/m0/s1. The van der Waals surface area contributed by atoms with Crippen LogP contribution in [-0.4, -0.2) is 52.6 Å². The maximum absolute atomic E-state index is 12.0. The number of nitrogens with zero attached hydrogens (tertiary/aromatic N) is 4. The molecule has 24 heavy (non-hydrogen) atoms. The van der Waals surface area contributed by atoms with Crippen LogP contribution in [0.5, 0.6) is 0 Å². The minimum absolute atomic E-state index is 0.0259. The lowest BCUT2D eigenvalue weighted by Crippen LogP contribution is -2.41. The molecule has 1 saturated heterocycles. The normalized spacial score (nSPS) is 17.5. The van der Waals surface area contributed by atoms with Gasteiger partial charge >= 0.3 is 0 Å². The van der Waals surface area contributed by atoms with Gasteiger partial charge in [-0.25, -0.2) is 9.97 Å². The second-order valence-corrected chi connectivity index (χ2v) is 5.78. The number of hydrogen-bond acceptors (Lipinski definition) is 6. The van der Waals surface area contributed by atoms with Gasteiger partial charge in [0.05, 0.1) is 11.9 Å². The molecule has 3 heterocycles. The summed E-state index contributed by atoms with van der Waals surface area (Å²) in [6.45, 7) is 1.56. The predicted octanol–water partition coefficient (Wildman–Crippen LogP) is 1.97. The van der Waals surface area contributed by atoms with Crippen LogP contribution in [0.3, 0.4) is 0 Å². The number of amides is 1. The molecule has 0 aliphatic carbocycles. The monoisotopic (exact) mass is 327 g/mol. The Morgan fingerprint density at radius 2 is 2.29 bits per heavy atom. The third kappa shape index (κ3) is 4.05. The highest BCUT2D eigenvalue weighted by atomic mass is 16.5. The molecule has 3 rings (SSSR count). The molecule has 1 atom stereocenters. The number of likely N-dealkylation sites (tertiary alicyclic amines) is 1. The van der Waals surface area contributed by atoms with E-state index in [2.05, 4.69) is 20.3 Å². The van der Waals surface area contributed by atoms with Crippen molar-refractivity contribution in [1.82, 2.24) is 19.9 Å². The quantitative estimate of drug-likeness (QED) is 0.904. The minimum atomic E-state index is 0.0259. The molecule has 2 aromatic rings. The number of hydrogen-bond donors (Lipinski definition) is 1. The van der Waals surface area contributed by atoms with Crippen molar-refractivity contribution in [3.8, 4) is 0 Å². The first-order valence-corrected chi connectivity index (χ1v) is 8.03. The van der Waals surface area contributed by atoms with E-state index in [0.717, 1.165) is 30.9 Å². The van der Waals surface area contributed by atoms with E-state index in [0.29, 0.717) is 12.4 Å². The van der Waals surface area contributed by atoms with Crippen molar-refractivity contribution in [1.29, 1.82) is 0 Å². The minimum Gasteiger partial charge on any atom is -0.375 e. The van der Waals surface area contributed by atoms with Crippen molar-refractivity contribution in [2.45, 2.75) is 18.8 Å². The second kappa shape index (κ2) is 7.83. The van der Waals surface area contributed by atoms with Gasteiger partial charge in [0.2, 0.25) is 5.91 Å². The first-order chi connectivity index (χ1) is 11.8. The highest BCUT2D eigenvalue weighted by molar-refractivity contribution is 5.77. The van der Waals surface area contributed by atoms with Crippen molar-refractivity contribution < 1.29 is 9.53 Å². The summed E-state index contributed by atoms with van der Waals surface area (Å²) >= 11 is 0. The fourth-order valence-corrected chi connectivity index (χ4v) is 2.87. The number of ether oxygens (including phenoxy) is 1. The van der Waals surface area contributed by atoms with Gasteiger partial charge in [-0.05, 0) is 25.0 Å². The molecule has 1 fully saturated rings. The van der Waals surface area contributed by atoms with Gasteiger partial charge in [-0.1, -0.05) is 6.07 Å². The van der Waals surface area contributed by atoms with E-state index in [1.165, 1.54) is 7.11 Å². The number of piperidine rings is 1. The van der Waals surface area contributed by atoms with E-state index in [1.807, 2.05) is 23.1 Å². The topological polar surface area (TPSA) is 80.2 Å². The zero-order valence-corrected chi connectivity index (χ0v) is 13.7. The molecular formula is C17H21N5O2. The Morgan fingerprint density at radius 1 is 1.38 bits per heavy atom. The zero-order valence-electron chi connectivity index (χ0n) is 13.7. The molecule has 0 spiro atoms. The molecule has 0 radical (unpaired) electrons. The van der Waals surface area contributed by atoms with Crippen molar-refractivity contribution >= 4 is 17.5 Å². The number of methoxy groups -OCH3 is 1. The summed E-state index contributed by atoms with van der Waals surface area (Å²) in [5.74, 6) is 1.60. The van der Waals surface area contributed by atoms with Gasteiger partial charge in [0.1, 0.15) is 18.2 Å². The third-order valence-electron chi connectivity index (χ3n) is 4.03. The van der Waals surface area contributed by atoms with Gasteiger partial charge in [-0.3, -0.25) is 9.78 Å². The summed E-state index contributed by atoms with van der Waals surface area (Å²) in [5, 5.41) is 3.15. The summed E-state index contributed by atoms with van der Waals surface area (Å²) in [7, 11) is 1.54. The molecule has 1 aliphatic rings. The van der Waals surface area contributed by atoms with Crippen LogP contribution in [0.2, 0.25) is 0 Å². The van der Waals surface area contributed by atoms with Gasteiger partial charge < -0.3 is 15.0 Å². The average molecular weight is 327 g/mol. The fraction of sp³-hybridized carbons (Fsp3) is 0.412. The largest absolute Gasteiger partial charge is 0.375 e. The molecule has 7 nitrogen and oxygen atoms in total. The van der Waals surface area contributed by atoms with E-state index in [9.17, 15) is 4.79 Å². The smallest absolute Gasteiger partial charge is 0.248 e. The number of carbonyl (C=O) groups excluding carboxylic acids is 1. The summed E-state index contributed by atoms with van der Waals surface area (Å²) in [6.07, 6.45) is 7.13. The maximum Gasteiger partial charge on any atom is 0.248 e. The Morgan fingerprint density at radius 3 is 3.08 bits per heavy atom. The Bertz CT molecular complexity index is 680. The Balaban J connectivity index is 1.70. The summed E-state index contributed by atoms with van der Waals surface area (Å²) in [6, 6.07) is 5.65. The lowest BCUT2D eigenvalue weighted by atomic mass is 9.95. The molecule has 7 heteroatoms. The molecule has 0 bridgehead atoms. The molecule has 1 N–H and O–H groups in total. The Kier molecular flexibility index (Phi) is 5.32. The molecule has 1 amide bonds. The van der Waals surface area contributed by atoms with Gasteiger partial charge in [-0.15, -0.1) is 0 Å². The van der Waals surface area contributed by atoms with Crippen molar-refractivity contribution in [3.63, 3.8) is 0 Å². The highest BCUT2D eigenvalue weighted by Gasteiger charge is 2.25. The number of pyridine rings is 1. The van der Waals surface area contributed by atoms with E-state index in [1.54, 1.807) is 18.6 Å². The Labute approximate surface area is 141 Å². The molecule has 0 unspecified atom stereocenters. The lowest BCUT2D eigenvalue weighted by molar-refractivity contribution is -0.136. The van der Waals surface area contributed by atoms with Crippen LogP contribution in [0.15, 0.2) is 36.8 Å². The Hall–Kier alpha value is -2.54. The first-order valence-electron chi connectivity index (χ1n) is 8.03. The van der Waals surface area contributed by atoms with Crippen LogP contribution in [-0.2, 0) is 9.53 Å². The lowest BCUT2D eigenvalue weighted by Gasteiger charge is -2.32. The third-order valence-corrected chi connectivity index (χ3v) is 4.03. The molecule has 2 aromatic heterocycles. The predicted molar refractivity (Wildman–Crippen MR) is 90.0 cm³/mol. The SMILES string of the molecule is COCC(=O)N1CCC[C@H](c2cncc(Nc3ccccn3)n2)C1. The molecular weight excluding hydrogens is 306 g/mol. The van der Waals surface area contributed by atoms with Crippen LogP contribution < -0.4 is 5.32 Å². The van der Waals surface area contributed by atoms with Crippen LogP contribution in [0.25, 0.3) is 0 Å². The number of nitrogens with one attached hydrogen (secondary N) is 1. The van der Waals surface area contributed by atoms with Gasteiger partial charge in [0.15, 0.2) is 0 Å². The summed E-state index contributed by atoms with van der Waals surface area (Å²) in [5.41, 5.74) is 0.894. The van der Waals surface area contributed by atoms with E-state index in [-0.39, 0.29) is 18.4 Å². The van der Waals surface area contributed by atoms with Crippen molar-refractivity contribution in [2.75, 3.05) is 32.1 Å². The summed E-state index contributed by atoms with van der Waals surface area (Å²) in [4.78, 5) is 27.0. The van der Waals surface area contributed by atoms with Gasteiger partial charge in [0, 0.05) is 38.5 Å². The van der Waals surface area contributed by atoms with Crippen LogP contribution >= 0.6 is 0 Å². The van der Waals surface area contributed by atoms with Crippen LogP contribution in [0.4, 0.5) is 11.6 Å². The number of anilines is 2. The summed E-state index contributed by atoms with van der Waals surface area (Å²) < 4.78 is 4.95. The number of carbonyl (C=O) groups is 1. The van der Waals surface area contributed by atoms with Crippen LogP contribution in [0.1, 0.15) is 24.5 Å². The first kappa shape index (κ1) is 16.3. The zero-order chi connectivity index (χ0) is 16.8. The fourth-order valence-electron chi connectivity index (χ4n) is 2.87. The van der Waals surface area contributed by atoms with Crippen molar-refractivity contribution in [2.24, 2.45) is 0 Å². The van der Waals surface area contributed by atoms with Crippen LogP contribution in [0, 0.1) is 0 Å².